The van der Waals surface area contributed by atoms with Gasteiger partial charge in [-0.05, 0) is 26.0 Å². The lowest BCUT2D eigenvalue weighted by atomic mass is 10.0. The van der Waals surface area contributed by atoms with E-state index in [-0.39, 0.29) is 47.4 Å². The van der Waals surface area contributed by atoms with E-state index in [1.807, 2.05) is 0 Å². The van der Waals surface area contributed by atoms with E-state index in [9.17, 15) is 18.8 Å². The van der Waals surface area contributed by atoms with Crippen LogP contribution in [0.2, 0.25) is 0 Å². The van der Waals surface area contributed by atoms with Crippen molar-refractivity contribution in [2.45, 2.75) is 20.4 Å². The molecular formula is C21H19FN2O5. The average molecular weight is 398 g/mol. The van der Waals surface area contributed by atoms with Gasteiger partial charge in [0.15, 0.2) is 0 Å². The van der Waals surface area contributed by atoms with Gasteiger partial charge in [-0.15, -0.1) is 0 Å². The third kappa shape index (κ3) is 3.87. The molecule has 150 valence electrons. The van der Waals surface area contributed by atoms with E-state index in [1.54, 1.807) is 19.9 Å². The third-order valence-corrected chi connectivity index (χ3v) is 4.31. The SMILES string of the molecule is CCOC(=O)c1c(C(=O)OCC)n(Cc2ccccc2F)c(=O)c2cnccc12. The van der Waals surface area contributed by atoms with E-state index < -0.39 is 23.3 Å². The molecule has 0 spiro atoms. The number of fused-ring (bicyclic) bond motifs is 1. The number of hydrogen-bond donors (Lipinski definition) is 0. The second-order valence-corrected chi connectivity index (χ2v) is 6.07. The molecule has 0 N–H and O–H groups in total. The van der Waals surface area contributed by atoms with Crippen LogP contribution in [0.25, 0.3) is 10.8 Å². The van der Waals surface area contributed by atoms with Gasteiger partial charge >= 0.3 is 11.9 Å². The molecule has 0 radical (unpaired) electrons. The molecule has 3 rings (SSSR count). The maximum atomic E-state index is 14.2. The highest BCUT2D eigenvalue weighted by Crippen LogP contribution is 2.22. The molecule has 2 aromatic heterocycles. The fourth-order valence-electron chi connectivity index (χ4n) is 3.06. The van der Waals surface area contributed by atoms with E-state index in [4.69, 9.17) is 9.47 Å². The molecule has 0 saturated carbocycles. The van der Waals surface area contributed by atoms with Gasteiger partial charge < -0.3 is 9.47 Å². The van der Waals surface area contributed by atoms with Crippen LogP contribution in [-0.4, -0.2) is 34.7 Å². The predicted octanol–water partition coefficient (Wildman–Crippen LogP) is 2.94. The Morgan fingerprint density at radius 3 is 2.41 bits per heavy atom. The van der Waals surface area contributed by atoms with Crippen molar-refractivity contribution in [1.82, 2.24) is 9.55 Å². The summed E-state index contributed by atoms with van der Waals surface area (Å²) in [5.41, 5.74) is -0.804. The first-order valence-corrected chi connectivity index (χ1v) is 9.07. The summed E-state index contributed by atoms with van der Waals surface area (Å²) in [5, 5.41) is 0.330. The molecule has 8 heteroatoms. The summed E-state index contributed by atoms with van der Waals surface area (Å²) in [5.74, 6) is -2.20. The minimum Gasteiger partial charge on any atom is -0.462 e. The maximum absolute atomic E-state index is 14.2. The largest absolute Gasteiger partial charge is 0.462 e. The second kappa shape index (κ2) is 8.64. The van der Waals surface area contributed by atoms with Gasteiger partial charge in [-0.25, -0.2) is 14.0 Å². The first-order chi connectivity index (χ1) is 14.0. The second-order valence-electron chi connectivity index (χ2n) is 6.07. The highest BCUT2D eigenvalue weighted by Gasteiger charge is 2.28. The normalized spacial score (nSPS) is 10.7. The number of nitrogens with zero attached hydrogens (tertiary/aromatic N) is 2. The van der Waals surface area contributed by atoms with Crippen LogP contribution in [0.5, 0.6) is 0 Å². The monoisotopic (exact) mass is 398 g/mol. The lowest BCUT2D eigenvalue weighted by molar-refractivity contribution is 0.0469. The molecule has 0 atom stereocenters. The third-order valence-electron chi connectivity index (χ3n) is 4.31. The number of benzene rings is 1. The van der Waals surface area contributed by atoms with Crippen LogP contribution in [0.3, 0.4) is 0 Å². The van der Waals surface area contributed by atoms with Gasteiger partial charge in [0, 0.05) is 23.3 Å². The summed E-state index contributed by atoms with van der Waals surface area (Å²) >= 11 is 0. The van der Waals surface area contributed by atoms with Crippen molar-refractivity contribution in [3.63, 3.8) is 0 Å². The molecule has 0 fully saturated rings. The minimum atomic E-state index is -0.872. The van der Waals surface area contributed by atoms with E-state index in [0.717, 1.165) is 4.57 Å². The van der Waals surface area contributed by atoms with Gasteiger partial charge in [-0.2, -0.15) is 0 Å². The van der Waals surface area contributed by atoms with Crippen LogP contribution in [0.1, 0.15) is 40.3 Å². The van der Waals surface area contributed by atoms with Crippen molar-refractivity contribution in [2.24, 2.45) is 0 Å². The Balaban J connectivity index is 2.39. The first-order valence-electron chi connectivity index (χ1n) is 9.07. The molecule has 0 aliphatic heterocycles. The van der Waals surface area contributed by atoms with Crippen LogP contribution < -0.4 is 5.56 Å². The van der Waals surface area contributed by atoms with Crippen molar-refractivity contribution in [2.75, 3.05) is 13.2 Å². The van der Waals surface area contributed by atoms with Gasteiger partial charge in [-0.1, -0.05) is 18.2 Å². The molecule has 3 aromatic rings. The zero-order valence-corrected chi connectivity index (χ0v) is 16.0. The number of aromatic nitrogens is 2. The van der Waals surface area contributed by atoms with Gasteiger partial charge in [0.1, 0.15) is 11.5 Å². The van der Waals surface area contributed by atoms with Gasteiger partial charge in [0.05, 0.1) is 30.7 Å². The van der Waals surface area contributed by atoms with E-state index >= 15 is 0 Å². The fourth-order valence-corrected chi connectivity index (χ4v) is 3.06. The highest BCUT2D eigenvalue weighted by atomic mass is 19.1. The summed E-state index contributed by atoms with van der Waals surface area (Å²) < 4.78 is 25.5. The van der Waals surface area contributed by atoms with Gasteiger partial charge in [-0.3, -0.25) is 14.3 Å². The Morgan fingerprint density at radius 2 is 1.72 bits per heavy atom. The van der Waals surface area contributed by atoms with E-state index in [1.165, 1.54) is 36.7 Å². The number of halogens is 1. The quantitative estimate of drug-likeness (QED) is 0.594. The summed E-state index contributed by atoms with van der Waals surface area (Å²) in [4.78, 5) is 42.6. The van der Waals surface area contributed by atoms with Crippen molar-refractivity contribution >= 4 is 22.7 Å². The summed E-state index contributed by atoms with van der Waals surface area (Å²) in [6.45, 7) is 3.06. The van der Waals surface area contributed by atoms with Crippen LogP contribution in [0.15, 0.2) is 47.5 Å². The molecule has 2 heterocycles. The number of esters is 2. The zero-order valence-electron chi connectivity index (χ0n) is 16.0. The van der Waals surface area contributed by atoms with Crippen molar-refractivity contribution < 1.29 is 23.5 Å². The molecule has 0 aliphatic rings. The maximum Gasteiger partial charge on any atom is 0.355 e. The van der Waals surface area contributed by atoms with Crippen LogP contribution >= 0.6 is 0 Å². The fraction of sp³-hybridized carbons (Fsp3) is 0.238. The standard InChI is InChI=1S/C21H19FN2O5/c1-3-28-20(26)17-14-9-10-23-11-15(14)19(25)24(18(17)21(27)29-4-2)12-13-7-5-6-8-16(13)22/h5-11H,3-4,12H2,1-2H3. The molecule has 0 bridgehead atoms. The van der Waals surface area contributed by atoms with Crippen molar-refractivity contribution in [1.29, 1.82) is 0 Å². The molecule has 0 aliphatic carbocycles. The smallest absolute Gasteiger partial charge is 0.355 e. The topological polar surface area (TPSA) is 87.5 Å². The van der Waals surface area contributed by atoms with Crippen molar-refractivity contribution in [3.8, 4) is 0 Å². The summed E-state index contributed by atoms with van der Waals surface area (Å²) in [7, 11) is 0. The van der Waals surface area contributed by atoms with Crippen molar-refractivity contribution in [3.05, 3.63) is 75.7 Å². The van der Waals surface area contributed by atoms with Crippen LogP contribution in [0, 0.1) is 5.82 Å². The molecule has 29 heavy (non-hydrogen) atoms. The zero-order chi connectivity index (χ0) is 21.0. The predicted molar refractivity (Wildman–Crippen MR) is 103 cm³/mol. The van der Waals surface area contributed by atoms with Crippen LogP contribution in [0.4, 0.5) is 4.39 Å². The van der Waals surface area contributed by atoms with E-state index in [0.29, 0.717) is 0 Å². The summed E-state index contributed by atoms with van der Waals surface area (Å²) in [6, 6.07) is 7.33. The molecule has 0 amide bonds. The van der Waals surface area contributed by atoms with E-state index in [2.05, 4.69) is 4.98 Å². The summed E-state index contributed by atoms with van der Waals surface area (Å²) in [6.07, 6.45) is 2.70. The average Bonchev–Trinajstić information content (AvgIpc) is 2.71. The van der Waals surface area contributed by atoms with Gasteiger partial charge in [0.2, 0.25) is 0 Å². The number of pyridine rings is 2. The number of carbonyl (C=O) groups is 2. The minimum absolute atomic E-state index is 0.0311. The molecular weight excluding hydrogens is 379 g/mol. The Labute approximate surface area is 165 Å². The molecule has 1 aromatic carbocycles. The Bertz CT molecular complexity index is 1140. The van der Waals surface area contributed by atoms with Gasteiger partial charge in [0.25, 0.3) is 5.56 Å². The lowest BCUT2D eigenvalue weighted by Gasteiger charge is -2.18. The Kier molecular flexibility index (Phi) is 6.01. The first kappa shape index (κ1) is 20.2. The van der Waals surface area contributed by atoms with Crippen LogP contribution in [-0.2, 0) is 16.0 Å². The Hall–Kier alpha value is -3.55. The molecule has 7 nitrogen and oxygen atoms in total. The number of rotatable bonds is 6. The number of hydrogen-bond acceptors (Lipinski definition) is 6. The Morgan fingerprint density at radius 1 is 1.03 bits per heavy atom. The highest BCUT2D eigenvalue weighted by molar-refractivity contribution is 6.11. The molecule has 0 saturated heterocycles. The lowest BCUT2D eigenvalue weighted by Crippen LogP contribution is -2.31. The number of carbonyl (C=O) groups excluding carboxylic acids is 2. The molecule has 0 unspecified atom stereocenters. The number of ether oxygens (including phenoxy) is 2.